The van der Waals surface area contributed by atoms with Crippen molar-refractivity contribution in [2.45, 2.75) is 51.1 Å². The predicted molar refractivity (Wildman–Crippen MR) is 73.9 cm³/mol. The summed E-state index contributed by atoms with van der Waals surface area (Å²) in [5.74, 6) is 1.88. The average Bonchev–Trinajstić information content (AvgIpc) is 2.47. The van der Waals surface area contributed by atoms with Gasteiger partial charge in [0.2, 0.25) is 0 Å². The molecule has 1 aliphatic carbocycles. The van der Waals surface area contributed by atoms with Crippen LogP contribution in [0, 0.1) is 5.92 Å². The van der Waals surface area contributed by atoms with E-state index in [0.717, 1.165) is 18.2 Å². The van der Waals surface area contributed by atoms with Gasteiger partial charge in [-0.25, -0.2) is 0 Å². The molecule has 18 heavy (non-hydrogen) atoms. The molecule has 1 heterocycles. The quantitative estimate of drug-likeness (QED) is 0.863. The summed E-state index contributed by atoms with van der Waals surface area (Å²) in [5, 5.41) is 3.74. The Hall–Kier alpha value is -1.02. The molecular formula is C16H23NO. The Kier molecular flexibility index (Phi) is 3.55. The molecule has 2 nitrogen and oxygen atoms in total. The standard InChI is InChI=1S/C16H23NO/c1-18-15-8-7-13-10-16(17-11-14(13)9-15)12-5-3-2-4-6-12/h7-9,12,16-17H,2-6,10-11H2,1H3/t16-/m0/s1. The van der Waals surface area contributed by atoms with Gasteiger partial charge in [-0.2, -0.15) is 0 Å². The number of hydrogen-bond donors (Lipinski definition) is 1. The zero-order chi connectivity index (χ0) is 12.4. The van der Waals surface area contributed by atoms with Crippen LogP contribution >= 0.6 is 0 Å². The summed E-state index contributed by atoms with van der Waals surface area (Å²) < 4.78 is 5.30. The molecule has 2 heteroatoms. The van der Waals surface area contributed by atoms with Crippen molar-refractivity contribution in [3.63, 3.8) is 0 Å². The normalized spacial score (nSPS) is 24.6. The zero-order valence-electron chi connectivity index (χ0n) is 11.2. The first-order valence-corrected chi connectivity index (χ1v) is 7.26. The molecule has 0 spiro atoms. The van der Waals surface area contributed by atoms with E-state index in [4.69, 9.17) is 4.74 Å². The van der Waals surface area contributed by atoms with E-state index in [9.17, 15) is 0 Å². The van der Waals surface area contributed by atoms with E-state index in [0.29, 0.717) is 6.04 Å². The van der Waals surface area contributed by atoms with Gasteiger partial charge in [-0.3, -0.25) is 0 Å². The highest BCUT2D eigenvalue weighted by Gasteiger charge is 2.27. The summed E-state index contributed by atoms with van der Waals surface area (Å²) in [6.07, 6.45) is 8.34. The SMILES string of the molecule is COc1ccc2c(c1)CN[C@H](C1CCCCC1)C2. The van der Waals surface area contributed by atoms with Crippen LogP contribution in [0.4, 0.5) is 0 Å². The van der Waals surface area contributed by atoms with Gasteiger partial charge < -0.3 is 10.1 Å². The highest BCUT2D eigenvalue weighted by atomic mass is 16.5. The monoisotopic (exact) mass is 245 g/mol. The van der Waals surface area contributed by atoms with E-state index in [2.05, 4.69) is 23.5 Å². The number of rotatable bonds is 2. The minimum atomic E-state index is 0.700. The Morgan fingerprint density at radius 2 is 1.94 bits per heavy atom. The van der Waals surface area contributed by atoms with Crippen LogP contribution in [-0.4, -0.2) is 13.2 Å². The molecule has 1 N–H and O–H groups in total. The number of ether oxygens (including phenoxy) is 1. The van der Waals surface area contributed by atoms with Crippen LogP contribution in [0.15, 0.2) is 18.2 Å². The number of nitrogens with one attached hydrogen (secondary N) is 1. The van der Waals surface area contributed by atoms with Crippen LogP contribution < -0.4 is 10.1 Å². The summed E-state index contributed by atoms with van der Waals surface area (Å²) in [6, 6.07) is 7.23. The van der Waals surface area contributed by atoms with Crippen LogP contribution in [0.1, 0.15) is 43.2 Å². The Bertz CT molecular complexity index is 410. The van der Waals surface area contributed by atoms with Gasteiger partial charge >= 0.3 is 0 Å². The molecule has 0 aromatic heterocycles. The molecule has 1 aromatic carbocycles. The third-order valence-electron chi connectivity index (χ3n) is 4.63. The zero-order valence-corrected chi connectivity index (χ0v) is 11.2. The Morgan fingerprint density at radius 1 is 1.11 bits per heavy atom. The highest BCUT2D eigenvalue weighted by Crippen LogP contribution is 2.31. The van der Waals surface area contributed by atoms with Crippen LogP contribution in [0.2, 0.25) is 0 Å². The average molecular weight is 245 g/mol. The molecule has 1 saturated carbocycles. The maximum Gasteiger partial charge on any atom is 0.119 e. The van der Waals surface area contributed by atoms with Crippen LogP contribution in [0.3, 0.4) is 0 Å². The number of benzene rings is 1. The van der Waals surface area contributed by atoms with Gasteiger partial charge in [-0.1, -0.05) is 25.3 Å². The van der Waals surface area contributed by atoms with Gasteiger partial charge in [0.1, 0.15) is 5.75 Å². The Labute approximate surface area is 110 Å². The Balaban J connectivity index is 1.72. The summed E-state index contributed by atoms with van der Waals surface area (Å²) in [5.41, 5.74) is 2.94. The smallest absolute Gasteiger partial charge is 0.119 e. The van der Waals surface area contributed by atoms with E-state index < -0.39 is 0 Å². The van der Waals surface area contributed by atoms with Crippen molar-refractivity contribution in [3.8, 4) is 5.75 Å². The molecule has 1 atom stereocenters. The van der Waals surface area contributed by atoms with E-state index in [1.807, 2.05) is 0 Å². The highest BCUT2D eigenvalue weighted by molar-refractivity contribution is 5.37. The molecular weight excluding hydrogens is 222 g/mol. The second-order valence-electron chi connectivity index (χ2n) is 5.72. The summed E-state index contributed by atoms with van der Waals surface area (Å²) in [6.45, 7) is 1.01. The fourth-order valence-electron chi connectivity index (χ4n) is 3.51. The van der Waals surface area contributed by atoms with Crippen molar-refractivity contribution in [2.75, 3.05) is 7.11 Å². The predicted octanol–water partition coefficient (Wildman–Crippen LogP) is 3.29. The third kappa shape index (κ3) is 2.39. The van der Waals surface area contributed by atoms with Gasteiger partial charge in [-0.15, -0.1) is 0 Å². The number of fused-ring (bicyclic) bond motifs is 1. The molecule has 1 aliphatic heterocycles. The van der Waals surface area contributed by atoms with E-state index in [1.165, 1.54) is 49.7 Å². The maximum absolute atomic E-state index is 5.30. The lowest BCUT2D eigenvalue weighted by molar-refractivity contribution is 0.257. The first-order valence-electron chi connectivity index (χ1n) is 7.26. The van der Waals surface area contributed by atoms with Crippen LogP contribution in [-0.2, 0) is 13.0 Å². The lowest BCUT2D eigenvalue weighted by Gasteiger charge is -2.35. The maximum atomic E-state index is 5.30. The molecule has 0 radical (unpaired) electrons. The second kappa shape index (κ2) is 5.31. The molecule has 0 unspecified atom stereocenters. The number of hydrogen-bond acceptors (Lipinski definition) is 2. The minimum absolute atomic E-state index is 0.700. The van der Waals surface area contributed by atoms with Crippen LogP contribution in [0.25, 0.3) is 0 Å². The largest absolute Gasteiger partial charge is 0.497 e. The summed E-state index contributed by atoms with van der Waals surface area (Å²) >= 11 is 0. The fraction of sp³-hybridized carbons (Fsp3) is 0.625. The van der Waals surface area contributed by atoms with Crippen molar-refractivity contribution < 1.29 is 4.74 Å². The van der Waals surface area contributed by atoms with Gasteiger partial charge in [0.15, 0.2) is 0 Å². The molecule has 0 amide bonds. The van der Waals surface area contributed by atoms with Gasteiger partial charge in [0.25, 0.3) is 0 Å². The van der Waals surface area contributed by atoms with Crippen molar-refractivity contribution in [3.05, 3.63) is 29.3 Å². The lowest BCUT2D eigenvalue weighted by atomic mass is 9.79. The molecule has 98 valence electrons. The van der Waals surface area contributed by atoms with Crippen molar-refractivity contribution in [1.29, 1.82) is 0 Å². The topological polar surface area (TPSA) is 21.3 Å². The van der Waals surface area contributed by atoms with Gasteiger partial charge in [0.05, 0.1) is 7.11 Å². The molecule has 1 aromatic rings. The van der Waals surface area contributed by atoms with E-state index in [1.54, 1.807) is 7.11 Å². The lowest BCUT2D eigenvalue weighted by Crippen LogP contribution is -2.42. The second-order valence-corrected chi connectivity index (χ2v) is 5.72. The van der Waals surface area contributed by atoms with Crippen LogP contribution in [0.5, 0.6) is 5.75 Å². The first-order chi connectivity index (χ1) is 8.86. The van der Waals surface area contributed by atoms with Crippen molar-refractivity contribution in [1.82, 2.24) is 5.32 Å². The molecule has 1 fully saturated rings. The third-order valence-corrected chi connectivity index (χ3v) is 4.63. The fourth-order valence-corrected chi connectivity index (χ4v) is 3.51. The van der Waals surface area contributed by atoms with E-state index >= 15 is 0 Å². The molecule has 3 rings (SSSR count). The summed E-state index contributed by atoms with van der Waals surface area (Å²) in [4.78, 5) is 0. The minimum Gasteiger partial charge on any atom is -0.497 e. The van der Waals surface area contributed by atoms with Gasteiger partial charge in [0, 0.05) is 12.6 Å². The molecule has 2 aliphatic rings. The first kappa shape index (κ1) is 12.0. The summed E-state index contributed by atoms with van der Waals surface area (Å²) in [7, 11) is 1.74. The Morgan fingerprint density at radius 3 is 2.72 bits per heavy atom. The molecule has 0 saturated heterocycles. The van der Waals surface area contributed by atoms with Crippen molar-refractivity contribution in [2.24, 2.45) is 5.92 Å². The molecule has 0 bridgehead atoms. The van der Waals surface area contributed by atoms with E-state index in [-0.39, 0.29) is 0 Å². The van der Waals surface area contributed by atoms with Crippen molar-refractivity contribution >= 4 is 0 Å². The number of methoxy groups -OCH3 is 1. The van der Waals surface area contributed by atoms with Gasteiger partial charge in [-0.05, 0) is 48.4 Å².